The molecule has 6 rings (SSSR count). The number of rotatable bonds is 4. The van der Waals surface area contributed by atoms with Crippen molar-refractivity contribution >= 4 is 17.7 Å². The van der Waals surface area contributed by atoms with E-state index in [0.29, 0.717) is 23.4 Å². The Balaban J connectivity index is 1.35. The Morgan fingerprint density at radius 1 is 1.24 bits per heavy atom. The Morgan fingerprint density at radius 2 is 2.03 bits per heavy atom. The maximum absolute atomic E-state index is 12.9. The van der Waals surface area contributed by atoms with Gasteiger partial charge in [0.05, 0.1) is 19.8 Å². The number of hydrogen-bond acceptors (Lipinski definition) is 6. The number of halogens is 1. The molecule has 2 atom stereocenters. The second kappa shape index (κ2) is 8.69. The van der Waals surface area contributed by atoms with Crippen LogP contribution in [0.5, 0.6) is 11.6 Å². The largest absolute Gasteiger partial charge is 0.493 e. The molecule has 0 saturated carbocycles. The fourth-order valence-corrected chi connectivity index (χ4v) is 5.43. The summed E-state index contributed by atoms with van der Waals surface area (Å²) in [5.41, 5.74) is 2.45. The fraction of sp³-hybridized carbons (Fsp3) is 0.520. The van der Waals surface area contributed by atoms with Gasteiger partial charge in [-0.1, -0.05) is 37.6 Å². The maximum atomic E-state index is 12.9. The van der Waals surface area contributed by atoms with Crippen LogP contribution in [0.2, 0.25) is 5.02 Å². The Bertz CT molecular complexity index is 1050. The summed E-state index contributed by atoms with van der Waals surface area (Å²) in [5.74, 6) is 1.61. The summed E-state index contributed by atoms with van der Waals surface area (Å²) in [4.78, 5) is 19.6. The molecule has 0 radical (unpaired) electrons. The van der Waals surface area contributed by atoms with Gasteiger partial charge in [0.25, 0.3) is 0 Å². The van der Waals surface area contributed by atoms with E-state index in [1.165, 1.54) is 7.11 Å². The summed E-state index contributed by atoms with van der Waals surface area (Å²) < 4.78 is 17.1. The summed E-state index contributed by atoms with van der Waals surface area (Å²) in [7, 11) is 1.54. The molecule has 33 heavy (non-hydrogen) atoms. The highest BCUT2D eigenvalue weighted by Crippen LogP contribution is 2.44. The highest BCUT2D eigenvalue weighted by atomic mass is 35.5. The van der Waals surface area contributed by atoms with Crippen LogP contribution >= 0.6 is 11.6 Å². The second-order valence-electron chi connectivity index (χ2n) is 9.90. The number of ether oxygens (including phenoxy) is 3. The van der Waals surface area contributed by atoms with Crippen molar-refractivity contribution in [3.05, 3.63) is 41.0 Å². The Hall–Kier alpha value is -2.51. The lowest BCUT2D eigenvalue weighted by molar-refractivity contribution is -0.0361. The lowest BCUT2D eigenvalue weighted by atomic mass is 9.78. The van der Waals surface area contributed by atoms with Crippen molar-refractivity contribution in [2.45, 2.75) is 38.8 Å². The van der Waals surface area contributed by atoms with Crippen molar-refractivity contribution in [2.24, 2.45) is 11.3 Å². The van der Waals surface area contributed by atoms with Gasteiger partial charge in [-0.3, -0.25) is 4.90 Å². The van der Waals surface area contributed by atoms with Gasteiger partial charge in [0, 0.05) is 29.3 Å². The van der Waals surface area contributed by atoms with Gasteiger partial charge < -0.3 is 19.5 Å². The van der Waals surface area contributed by atoms with Crippen molar-refractivity contribution < 1.29 is 19.0 Å². The molecule has 2 bridgehead atoms. The SMILES string of the molecule is COc1ncc(-c2ccc3c(c2)OCC(C)(C)C3NC(=O)O[C@H]2CN3CCC2CC3)cc1Cl. The first kappa shape index (κ1) is 22.3. The highest BCUT2D eigenvalue weighted by Gasteiger charge is 2.41. The van der Waals surface area contributed by atoms with E-state index in [1.807, 2.05) is 24.3 Å². The predicted octanol–water partition coefficient (Wildman–Crippen LogP) is 4.69. The molecule has 176 valence electrons. The molecule has 7 nitrogen and oxygen atoms in total. The highest BCUT2D eigenvalue weighted by molar-refractivity contribution is 6.32. The van der Waals surface area contributed by atoms with Crippen LogP contribution in [-0.2, 0) is 4.74 Å². The normalized spacial score (nSPS) is 27.3. The lowest BCUT2D eigenvalue weighted by Gasteiger charge is -2.44. The molecule has 1 N–H and O–H groups in total. The average Bonchev–Trinajstić information content (AvgIpc) is 2.81. The van der Waals surface area contributed by atoms with E-state index >= 15 is 0 Å². The van der Waals surface area contributed by atoms with Crippen molar-refractivity contribution in [3.63, 3.8) is 0 Å². The van der Waals surface area contributed by atoms with Gasteiger partial charge in [-0.2, -0.15) is 0 Å². The Labute approximate surface area is 199 Å². The average molecular weight is 472 g/mol. The first-order chi connectivity index (χ1) is 15.8. The first-order valence-electron chi connectivity index (χ1n) is 11.5. The number of methoxy groups -OCH3 is 1. The molecular formula is C25H30ClN3O4. The minimum absolute atomic E-state index is 0.0235. The molecule has 3 saturated heterocycles. The molecule has 3 fully saturated rings. The molecule has 8 heteroatoms. The molecule has 5 heterocycles. The zero-order valence-electron chi connectivity index (χ0n) is 19.3. The van der Waals surface area contributed by atoms with E-state index < -0.39 is 0 Å². The molecule has 0 spiro atoms. The van der Waals surface area contributed by atoms with Gasteiger partial charge in [-0.15, -0.1) is 0 Å². The van der Waals surface area contributed by atoms with Crippen LogP contribution in [0.4, 0.5) is 4.79 Å². The van der Waals surface area contributed by atoms with E-state index in [9.17, 15) is 4.79 Å². The number of nitrogens with one attached hydrogen (secondary N) is 1. The zero-order valence-corrected chi connectivity index (χ0v) is 20.0. The maximum Gasteiger partial charge on any atom is 0.407 e. The molecule has 1 aromatic carbocycles. The van der Waals surface area contributed by atoms with Gasteiger partial charge in [0.15, 0.2) is 0 Å². The Kier molecular flexibility index (Phi) is 5.87. The van der Waals surface area contributed by atoms with E-state index in [4.69, 9.17) is 25.8 Å². The van der Waals surface area contributed by atoms with E-state index in [0.717, 1.165) is 54.9 Å². The minimum atomic E-state index is -0.352. The van der Waals surface area contributed by atoms with Gasteiger partial charge in [0.1, 0.15) is 16.9 Å². The number of pyridine rings is 1. The molecule has 4 aliphatic heterocycles. The number of piperidine rings is 3. The van der Waals surface area contributed by atoms with Gasteiger partial charge in [-0.05, 0) is 49.5 Å². The summed E-state index contributed by atoms with van der Waals surface area (Å²) >= 11 is 6.26. The third-order valence-corrected chi connectivity index (χ3v) is 7.43. The van der Waals surface area contributed by atoms with Crippen molar-refractivity contribution in [1.29, 1.82) is 0 Å². The van der Waals surface area contributed by atoms with E-state index in [-0.39, 0.29) is 23.7 Å². The third-order valence-electron chi connectivity index (χ3n) is 7.16. The molecule has 1 unspecified atom stereocenters. The van der Waals surface area contributed by atoms with Crippen molar-refractivity contribution in [3.8, 4) is 22.8 Å². The monoisotopic (exact) mass is 471 g/mol. The topological polar surface area (TPSA) is 72.9 Å². The van der Waals surface area contributed by atoms with Crippen LogP contribution < -0.4 is 14.8 Å². The lowest BCUT2D eigenvalue weighted by Crippen LogP contribution is -2.53. The van der Waals surface area contributed by atoms with Gasteiger partial charge in [0.2, 0.25) is 5.88 Å². The number of alkyl carbamates (subject to hydrolysis) is 1. The molecular weight excluding hydrogens is 442 g/mol. The molecule has 2 aromatic rings. The number of aromatic nitrogens is 1. The second-order valence-corrected chi connectivity index (χ2v) is 10.3. The summed E-state index contributed by atoms with van der Waals surface area (Å²) in [6.45, 7) is 7.74. The third kappa shape index (κ3) is 4.36. The van der Waals surface area contributed by atoms with E-state index in [1.54, 1.807) is 6.20 Å². The molecule has 0 aliphatic carbocycles. The Morgan fingerprint density at radius 3 is 2.70 bits per heavy atom. The smallest absolute Gasteiger partial charge is 0.407 e. The van der Waals surface area contributed by atoms with Crippen LogP contribution in [0.1, 0.15) is 38.3 Å². The first-order valence-corrected chi connectivity index (χ1v) is 11.9. The van der Waals surface area contributed by atoms with Crippen molar-refractivity contribution in [1.82, 2.24) is 15.2 Å². The number of carbonyl (C=O) groups excluding carboxylic acids is 1. The molecule has 1 amide bonds. The zero-order chi connectivity index (χ0) is 23.2. The number of amides is 1. The summed E-state index contributed by atoms with van der Waals surface area (Å²) in [6, 6.07) is 7.57. The van der Waals surface area contributed by atoms with E-state index in [2.05, 4.69) is 29.0 Å². The molecule has 1 aromatic heterocycles. The summed E-state index contributed by atoms with van der Waals surface area (Å²) in [6.07, 6.45) is 3.56. The van der Waals surface area contributed by atoms with Crippen molar-refractivity contribution in [2.75, 3.05) is 33.4 Å². The number of hydrogen-bond donors (Lipinski definition) is 1. The minimum Gasteiger partial charge on any atom is -0.493 e. The quantitative estimate of drug-likeness (QED) is 0.697. The van der Waals surface area contributed by atoms with Crippen LogP contribution in [0.15, 0.2) is 30.5 Å². The van der Waals surface area contributed by atoms with Crippen LogP contribution in [-0.4, -0.2) is 55.4 Å². The van der Waals surface area contributed by atoms with Gasteiger partial charge >= 0.3 is 6.09 Å². The van der Waals surface area contributed by atoms with Gasteiger partial charge in [-0.25, -0.2) is 9.78 Å². The number of benzene rings is 1. The number of fused-ring (bicyclic) bond motifs is 4. The summed E-state index contributed by atoms with van der Waals surface area (Å²) in [5, 5.41) is 3.59. The van der Waals surface area contributed by atoms with Crippen LogP contribution in [0.25, 0.3) is 11.1 Å². The predicted molar refractivity (Wildman–Crippen MR) is 126 cm³/mol. The standard InChI is InChI=1S/C25H30ClN3O4/c1-25(2)14-32-20-11-16(17-10-19(26)23(31-3)27-12-17)4-5-18(20)22(25)28-24(30)33-21-13-29-8-6-15(21)7-9-29/h4-5,10-12,15,21-22H,6-9,13-14H2,1-3H3,(H,28,30)/t21-,22?/m0/s1. The van der Waals surface area contributed by atoms with Crippen LogP contribution in [0, 0.1) is 11.3 Å². The molecule has 4 aliphatic rings. The fourth-order valence-electron chi connectivity index (χ4n) is 5.19. The number of carbonyl (C=O) groups is 1. The van der Waals surface area contributed by atoms with Crippen LogP contribution in [0.3, 0.4) is 0 Å². The number of nitrogens with zero attached hydrogens (tertiary/aromatic N) is 2.